The lowest BCUT2D eigenvalue weighted by Gasteiger charge is -2.21. The molecule has 0 atom stereocenters. The fourth-order valence-corrected chi connectivity index (χ4v) is 2.38. The van der Waals surface area contributed by atoms with E-state index in [1.807, 2.05) is 0 Å². The molecule has 1 amide bonds. The van der Waals surface area contributed by atoms with Crippen molar-refractivity contribution in [1.29, 1.82) is 0 Å². The number of nitrogens with one attached hydrogen (secondary N) is 1. The van der Waals surface area contributed by atoms with Crippen LogP contribution in [0.4, 0.5) is 10.5 Å². The van der Waals surface area contributed by atoms with E-state index in [0.717, 1.165) is 25.7 Å². The van der Waals surface area contributed by atoms with E-state index in [-0.39, 0.29) is 12.1 Å². The monoisotopic (exact) mass is 291 g/mol. The number of hydrogen-bond donors (Lipinski definition) is 1. The first-order chi connectivity index (χ1) is 10.2. The van der Waals surface area contributed by atoms with E-state index < -0.39 is 6.09 Å². The normalized spacial score (nSPS) is 15.3. The fraction of sp³-hybridized carbons (Fsp3) is 0.500. The lowest BCUT2D eigenvalue weighted by molar-refractivity contribution is 0.0211. The van der Waals surface area contributed by atoms with Gasteiger partial charge in [-0.3, -0.25) is 5.32 Å². The number of esters is 1. The van der Waals surface area contributed by atoms with Gasteiger partial charge in [-0.15, -0.1) is 0 Å². The van der Waals surface area contributed by atoms with Crippen LogP contribution in [0.3, 0.4) is 0 Å². The fourth-order valence-electron chi connectivity index (χ4n) is 2.38. The molecule has 1 aliphatic carbocycles. The van der Waals surface area contributed by atoms with E-state index in [0.29, 0.717) is 17.9 Å². The average Bonchev–Trinajstić information content (AvgIpc) is 2.49. The SMILES string of the molecule is CCOC(=O)Nc1ccc(C(=O)OC2CCCCC2)cc1. The first kappa shape index (κ1) is 15.4. The Kier molecular flexibility index (Phi) is 5.60. The van der Waals surface area contributed by atoms with E-state index in [1.54, 1.807) is 31.2 Å². The molecule has 0 aromatic heterocycles. The zero-order valence-corrected chi connectivity index (χ0v) is 12.3. The molecule has 0 aliphatic heterocycles. The van der Waals surface area contributed by atoms with Crippen LogP contribution in [0.15, 0.2) is 24.3 Å². The van der Waals surface area contributed by atoms with Crippen LogP contribution < -0.4 is 5.32 Å². The number of benzene rings is 1. The predicted molar refractivity (Wildman–Crippen MR) is 79.4 cm³/mol. The van der Waals surface area contributed by atoms with Gasteiger partial charge in [0, 0.05) is 5.69 Å². The number of ether oxygens (including phenoxy) is 2. The van der Waals surface area contributed by atoms with Crippen molar-refractivity contribution in [2.45, 2.75) is 45.1 Å². The Morgan fingerprint density at radius 3 is 2.43 bits per heavy atom. The first-order valence-corrected chi connectivity index (χ1v) is 7.44. The summed E-state index contributed by atoms with van der Waals surface area (Å²) < 4.78 is 10.3. The van der Waals surface area contributed by atoms with E-state index in [2.05, 4.69) is 5.32 Å². The lowest BCUT2D eigenvalue weighted by Crippen LogP contribution is -2.21. The number of amides is 1. The Bertz CT molecular complexity index is 478. The Morgan fingerprint density at radius 2 is 1.81 bits per heavy atom. The number of hydrogen-bond acceptors (Lipinski definition) is 4. The van der Waals surface area contributed by atoms with E-state index in [1.165, 1.54) is 6.42 Å². The average molecular weight is 291 g/mol. The third kappa shape index (κ3) is 4.77. The second kappa shape index (κ2) is 7.67. The van der Waals surface area contributed by atoms with E-state index in [4.69, 9.17) is 9.47 Å². The van der Waals surface area contributed by atoms with Crippen LogP contribution in [0.1, 0.15) is 49.4 Å². The topological polar surface area (TPSA) is 64.6 Å². The molecule has 1 aromatic rings. The summed E-state index contributed by atoms with van der Waals surface area (Å²) in [7, 11) is 0. The van der Waals surface area contributed by atoms with Crippen molar-refractivity contribution in [2.24, 2.45) is 0 Å². The Labute approximate surface area is 124 Å². The quantitative estimate of drug-likeness (QED) is 0.858. The Balaban J connectivity index is 1.88. The second-order valence-electron chi connectivity index (χ2n) is 5.09. The molecular formula is C16H21NO4. The molecule has 5 heteroatoms. The molecule has 21 heavy (non-hydrogen) atoms. The van der Waals surface area contributed by atoms with Crippen LogP contribution in [0.2, 0.25) is 0 Å². The van der Waals surface area contributed by atoms with Crippen molar-refractivity contribution >= 4 is 17.7 Å². The predicted octanol–water partition coefficient (Wildman–Crippen LogP) is 3.74. The van der Waals surface area contributed by atoms with Crippen molar-refractivity contribution in [3.8, 4) is 0 Å². The number of carbonyl (C=O) groups is 2. The minimum Gasteiger partial charge on any atom is -0.459 e. The van der Waals surface area contributed by atoms with Crippen molar-refractivity contribution in [2.75, 3.05) is 11.9 Å². The van der Waals surface area contributed by atoms with Gasteiger partial charge in [0.1, 0.15) is 6.10 Å². The molecule has 0 heterocycles. The molecule has 1 N–H and O–H groups in total. The summed E-state index contributed by atoms with van der Waals surface area (Å²) >= 11 is 0. The third-order valence-corrected chi connectivity index (χ3v) is 3.47. The first-order valence-electron chi connectivity index (χ1n) is 7.44. The van der Waals surface area contributed by atoms with Gasteiger partial charge in [-0.1, -0.05) is 6.42 Å². The van der Waals surface area contributed by atoms with Gasteiger partial charge >= 0.3 is 12.1 Å². The summed E-state index contributed by atoms with van der Waals surface area (Å²) in [6.45, 7) is 2.06. The summed E-state index contributed by atoms with van der Waals surface area (Å²) in [5.74, 6) is -0.301. The van der Waals surface area contributed by atoms with Gasteiger partial charge in [0.05, 0.1) is 12.2 Å². The molecule has 114 valence electrons. The minimum absolute atomic E-state index is 0.0450. The molecule has 1 saturated carbocycles. The maximum Gasteiger partial charge on any atom is 0.411 e. The lowest BCUT2D eigenvalue weighted by atomic mass is 9.98. The number of rotatable bonds is 4. The molecule has 0 unspecified atom stereocenters. The highest BCUT2D eigenvalue weighted by Gasteiger charge is 2.18. The van der Waals surface area contributed by atoms with Gasteiger partial charge in [-0.05, 0) is 56.9 Å². The van der Waals surface area contributed by atoms with Crippen LogP contribution in [0.25, 0.3) is 0 Å². The molecular weight excluding hydrogens is 270 g/mol. The van der Waals surface area contributed by atoms with E-state index in [9.17, 15) is 9.59 Å². The Morgan fingerprint density at radius 1 is 1.14 bits per heavy atom. The molecule has 1 fully saturated rings. The molecule has 0 spiro atoms. The maximum absolute atomic E-state index is 12.0. The summed E-state index contributed by atoms with van der Waals surface area (Å²) in [6.07, 6.45) is 4.92. The highest BCUT2D eigenvalue weighted by Crippen LogP contribution is 2.21. The Hall–Kier alpha value is -2.04. The van der Waals surface area contributed by atoms with Crippen LogP contribution >= 0.6 is 0 Å². The zero-order chi connectivity index (χ0) is 15.1. The van der Waals surface area contributed by atoms with Crippen molar-refractivity contribution in [3.05, 3.63) is 29.8 Å². The molecule has 0 saturated heterocycles. The molecule has 2 rings (SSSR count). The maximum atomic E-state index is 12.0. The van der Waals surface area contributed by atoms with Crippen LogP contribution in [-0.4, -0.2) is 24.8 Å². The van der Waals surface area contributed by atoms with Crippen LogP contribution in [0.5, 0.6) is 0 Å². The van der Waals surface area contributed by atoms with Gasteiger partial charge in [-0.25, -0.2) is 9.59 Å². The standard InChI is InChI=1S/C16H21NO4/c1-2-20-16(19)17-13-10-8-12(9-11-13)15(18)21-14-6-4-3-5-7-14/h8-11,14H,2-7H2,1H3,(H,17,19). The molecule has 1 aliphatic rings. The molecule has 5 nitrogen and oxygen atoms in total. The van der Waals surface area contributed by atoms with Crippen LogP contribution in [-0.2, 0) is 9.47 Å². The summed E-state index contributed by atoms with van der Waals surface area (Å²) in [4.78, 5) is 23.3. The van der Waals surface area contributed by atoms with E-state index >= 15 is 0 Å². The van der Waals surface area contributed by atoms with Gasteiger partial charge < -0.3 is 9.47 Å². The van der Waals surface area contributed by atoms with Crippen molar-refractivity contribution in [3.63, 3.8) is 0 Å². The van der Waals surface area contributed by atoms with Crippen molar-refractivity contribution < 1.29 is 19.1 Å². The highest BCUT2D eigenvalue weighted by atomic mass is 16.5. The molecule has 0 bridgehead atoms. The summed E-state index contributed by atoms with van der Waals surface area (Å²) in [5, 5.41) is 2.58. The number of carbonyl (C=O) groups excluding carboxylic acids is 2. The minimum atomic E-state index is -0.505. The number of anilines is 1. The highest BCUT2D eigenvalue weighted by molar-refractivity contribution is 5.91. The second-order valence-corrected chi connectivity index (χ2v) is 5.09. The van der Waals surface area contributed by atoms with Gasteiger partial charge in [0.15, 0.2) is 0 Å². The van der Waals surface area contributed by atoms with Gasteiger partial charge in [0.2, 0.25) is 0 Å². The molecule has 0 radical (unpaired) electrons. The smallest absolute Gasteiger partial charge is 0.411 e. The summed E-state index contributed by atoms with van der Waals surface area (Å²) in [6, 6.07) is 6.61. The van der Waals surface area contributed by atoms with Gasteiger partial charge in [0.25, 0.3) is 0 Å². The van der Waals surface area contributed by atoms with Gasteiger partial charge in [-0.2, -0.15) is 0 Å². The van der Waals surface area contributed by atoms with Crippen molar-refractivity contribution in [1.82, 2.24) is 0 Å². The third-order valence-electron chi connectivity index (χ3n) is 3.47. The van der Waals surface area contributed by atoms with Crippen LogP contribution in [0, 0.1) is 0 Å². The summed E-state index contributed by atoms with van der Waals surface area (Å²) in [5.41, 5.74) is 1.08. The largest absolute Gasteiger partial charge is 0.459 e. The zero-order valence-electron chi connectivity index (χ0n) is 12.3. The molecule has 1 aromatic carbocycles.